The first-order valence-electron chi connectivity index (χ1n) is 7.11. The van der Waals surface area contributed by atoms with E-state index >= 15 is 0 Å². The van der Waals surface area contributed by atoms with E-state index in [1.807, 2.05) is 25.1 Å². The molecule has 0 spiro atoms. The van der Waals surface area contributed by atoms with Crippen molar-refractivity contribution in [2.24, 2.45) is 0 Å². The van der Waals surface area contributed by atoms with Crippen LogP contribution in [-0.2, 0) is 10.0 Å². The Hall–Kier alpha value is -1.80. The molecule has 2 aromatic rings. The summed E-state index contributed by atoms with van der Waals surface area (Å²) in [5, 5.41) is 0.600. The molecule has 5 heteroatoms. The lowest BCUT2D eigenvalue weighted by Crippen LogP contribution is -2.25. The highest BCUT2D eigenvalue weighted by molar-refractivity contribution is 7.89. The first-order valence-corrected chi connectivity index (χ1v) is 8.97. The van der Waals surface area contributed by atoms with Crippen molar-refractivity contribution >= 4 is 21.6 Å². The summed E-state index contributed by atoms with van der Waals surface area (Å²) in [5.41, 5.74) is 3.26. The van der Waals surface area contributed by atoms with Gasteiger partial charge in [-0.1, -0.05) is 47.2 Å². The molecule has 2 aromatic carbocycles. The van der Waals surface area contributed by atoms with E-state index in [0.29, 0.717) is 9.92 Å². The van der Waals surface area contributed by atoms with E-state index in [9.17, 15) is 8.42 Å². The van der Waals surface area contributed by atoms with E-state index in [1.54, 1.807) is 32.0 Å². The second kappa shape index (κ2) is 7.18. The van der Waals surface area contributed by atoms with Crippen molar-refractivity contribution < 1.29 is 8.42 Å². The summed E-state index contributed by atoms with van der Waals surface area (Å²) >= 11 is 5.88. The van der Waals surface area contributed by atoms with Crippen LogP contribution in [0.3, 0.4) is 0 Å². The molecule has 1 N–H and O–H groups in total. The summed E-state index contributed by atoms with van der Waals surface area (Å²) in [6.45, 7) is 5.58. The van der Waals surface area contributed by atoms with E-state index in [4.69, 9.17) is 11.6 Å². The fourth-order valence-electron chi connectivity index (χ4n) is 2.51. The van der Waals surface area contributed by atoms with Gasteiger partial charge >= 0.3 is 0 Å². The Bertz CT molecular complexity index is 870. The molecule has 0 saturated carbocycles. The Labute approximate surface area is 142 Å². The van der Waals surface area contributed by atoms with E-state index < -0.39 is 10.0 Å². The average Bonchev–Trinajstić information content (AvgIpc) is 2.42. The summed E-state index contributed by atoms with van der Waals surface area (Å²) in [4.78, 5) is 0.327. The fourth-order valence-corrected chi connectivity index (χ4v) is 4.07. The third-order valence-electron chi connectivity index (χ3n) is 3.28. The number of benzene rings is 2. The van der Waals surface area contributed by atoms with Gasteiger partial charge in [0.05, 0.1) is 11.4 Å². The van der Waals surface area contributed by atoms with Gasteiger partial charge in [0, 0.05) is 10.6 Å². The largest absolute Gasteiger partial charge is 0.241 e. The molecule has 0 aliphatic rings. The number of sulfonamides is 1. The minimum absolute atomic E-state index is 0.0433. The lowest BCUT2D eigenvalue weighted by Gasteiger charge is -2.11. The Morgan fingerprint density at radius 3 is 2.35 bits per heavy atom. The predicted octanol–water partition coefficient (Wildman–Crippen LogP) is 3.60. The highest BCUT2D eigenvalue weighted by atomic mass is 35.5. The molecule has 0 atom stereocenters. The molecule has 0 amide bonds. The van der Waals surface area contributed by atoms with Crippen molar-refractivity contribution in [1.29, 1.82) is 0 Å². The molecule has 23 heavy (non-hydrogen) atoms. The van der Waals surface area contributed by atoms with Crippen LogP contribution in [0.25, 0.3) is 0 Å². The topological polar surface area (TPSA) is 46.2 Å². The van der Waals surface area contributed by atoms with Crippen LogP contribution in [0.4, 0.5) is 0 Å². The molecule has 120 valence electrons. The van der Waals surface area contributed by atoms with Crippen LogP contribution >= 0.6 is 11.6 Å². The number of halogens is 1. The number of nitrogens with one attached hydrogen (secondary N) is 1. The summed E-state index contributed by atoms with van der Waals surface area (Å²) in [6.07, 6.45) is 0. The molecule has 0 saturated heterocycles. The molecule has 0 fully saturated rings. The van der Waals surface area contributed by atoms with E-state index in [0.717, 1.165) is 22.3 Å². The SMILES string of the molecule is Cc1cc(C)c(S(=O)(=O)NCC#Cc2cccc(Cl)c2)c(C)c1. The van der Waals surface area contributed by atoms with Gasteiger partial charge in [0.25, 0.3) is 0 Å². The van der Waals surface area contributed by atoms with E-state index in [1.165, 1.54) is 0 Å². The number of hydrogen-bond donors (Lipinski definition) is 1. The minimum atomic E-state index is -3.58. The first-order chi connectivity index (χ1) is 10.8. The lowest BCUT2D eigenvalue weighted by molar-refractivity contribution is 0.585. The van der Waals surface area contributed by atoms with Gasteiger partial charge in [0.1, 0.15) is 0 Å². The molecule has 2 rings (SSSR count). The Morgan fingerprint density at radius 2 is 1.74 bits per heavy atom. The molecule has 0 aromatic heterocycles. The zero-order valence-electron chi connectivity index (χ0n) is 13.3. The van der Waals surface area contributed by atoms with E-state index in [2.05, 4.69) is 16.6 Å². The smallest absolute Gasteiger partial charge is 0.207 e. The van der Waals surface area contributed by atoms with Crippen molar-refractivity contribution in [1.82, 2.24) is 4.72 Å². The Morgan fingerprint density at radius 1 is 1.09 bits per heavy atom. The van der Waals surface area contributed by atoms with Gasteiger partial charge < -0.3 is 0 Å². The normalized spacial score (nSPS) is 11.0. The quantitative estimate of drug-likeness (QED) is 0.862. The van der Waals surface area contributed by atoms with Crippen LogP contribution in [-0.4, -0.2) is 15.0 Å². The zero-order chi connectivity index (χ0) is 17.0. The number of aryl methyl sites for hydroxylation is 3. The maximum Gasteiger partial charge on any atom is 0.241 e. The highest BCUT2D eigenvalue weighted by Gasteiger charge is 2.18. The Kier molecular flexibility index (Phi) is 5.48. The third-order valence-corrected chi connectivity index (χ3v) is 5.22. The van der Waals surface area contributed by atoms with Gasteiger partial charge in [-0.2, -0.15) is 4.72 Å². The second-order valence-electron chi connectivity index (χ2n) is 5.36. The van der Waals surface area contributed by atoms with Crippen LogP contribution < -0.4 is 4.72 Å². The maximum absolute atomic E-state index is 12.5. The summed E-state index contributed by atoms with van der Waals surface area (Å²) in [5.74, 6) is 5.69. The van der Waals surface area contributed by atoms with Crippen LogP contribution in [0, 0.1) is 32.6 Å². The monoisotopic (exact) mass is 347 g/mol. The van der Waals surface area contributed by atoms with Gasteiger partial charge in [0.2, 0.25) is 10.0 Å². The lowest BCUT2D eigenvalue weighted by atomic mass is 10.1. The van der Waals surface area contributed by atoms with Crippen LogP contribution in [0.5, 0.6) is 0 Å². The number of rotatable bonds is 3. The molecular weight excluding hydrogens is 330 g/mol. The van der Waals surface area contributed by atoms with Gasteiger partial charge in [-0.05, 0) is 50.1 Å². The van der Waals surface area contributed by atoms with Gasteiger partial charge in [-0.15, -0.1) is 0 Å². The van der Waals surface area contributed by atoms with Crippen molar-refractivity contribution in [3.63, 3.8) is 0 Å². The Balaban J connectivity index is 2.15. The molecular formula is C18H18ClNO2S. The van der Waals surface area contributed by atoms with Crippen LogP contribution in [0.1, 0.15) is 22.3 Å². The molecule has 0 unspecified atom stereocenters. The number of hydrogen-bond acceptors (Lipinski definition) is 2. The molecule has 0 heterocycles. The van der Waals surface area contributed by atoms with Crippen LogP contribution in [0.2, 0.25) is 5.02 Å². The van der Waals surface area contributed by atoms with E-state index in [-0.39, 0.29) is 6.54 Å². The molecule has 0 radical (unpaired) electrons. The van der Waals surface area contributed by atoms with Crippen LogP contribution in [0.15, 0.2) is 41.3 Å². The third kappa shape index (κ3) is 4.59. The standard InChI is InChI=1S/C18H18ClNO2S/c1-13-10-14(2)18(15(3)11-13)23(21,22)20-9-5-7-16-6-4-8-17(19)12-16/h4,6,8,10-12,20H,9H2,1-3H3. The van der Waals surface area contributed by atoms with Crippen molar-refractivity contribution in [3.05, 3.63) is 63.7 Å². The minimum Gasteiger partial charge on any atom is -0.207 e. The highest BCUT2D eigenvalue weighted by Crippen LogP contribution is 2.21. The maximum atomic E-state index is 12.5. The summed E-state index contributed by atoms with van der Waals surface area (Å²) in [6, 6.07) is 10.8. The van der Waals surface area contributed by atoms with Gasteiger partial charge in [-0.3, -0.25) is 0 Å². The molecule has 0 aliphatic carbocycles. The van der Waals surface area contributed by atoms with Gasteiger partial charge in [-0.25, -0.2) is 8.42 Å². The molecule has 3 nitrogen and oxygen atoms in total. The fraction of sp³-hybridized carbons (Fsp3) is 0.222. The predicted molar refractivity (Wildman–Crippen MR) is 94.2 cm³/mol. The van der Waals surface area contributed by atoms with Crippen molar-refractivity contribution in [2.45, 2.75) is 25.7 Å². The second-order valence-corrected chi connectivity index (χ2v) is 7.50. The summed E-state index contributed by atoms with van der Waals surface area (Å²) in [7, 11) is -3.58. The molecule has 0 bridgehead atoms. The van der Waals surface area contributed by atoms with Crippen molar-refractivity contribution in [2.75, 3.05) is 6.54 Å². The zero-order valence-corrected chi connectivity index (χ0v) is 14.8. The van der Waals surface area contributed by atoms with Crippen molar-refractivity contribution in [3.8, 4) is 11.8 Å². The molecule has 0 aliphatic heterocycles. The first kappa shape index (κ1) is 17.6. The summed E-state index contributed by atoms with van der Waals surface area (Å²) < 4.78 is 27.4. The van der Waals surface area contributed by atoms with Gasteiger partial charge in [0.15, 0.2) is 0 Å². The average molecular weight is 348 g/mol.